The van der Waals surface area contributed by atoms with E-state index in [-0.39, 0.29) is 16.9 Å². The summed E-state index contributed by atoms with van der Waals surface area (Å²) in [4.78, 5) is 33.2. The highest BCUT2D eigenvalue weighted by molar-refractivity contribution is 9.10. The molecule has 1 amide bonds. The molecule has 8 heteroatoms. The lowest BCUT2D eigenvalue weighted by atomic mass is 9.87. The summed E-state index contributed by atoms with van der Waals surface area (Å²) in [7, 11) is 0. The predicted molar refractivity (Wildman–Crippen MR) is 131 cm³/mol. The van der Waals surface area contributed by atoms with Gasteiger partial charge in [0.1, 0.15) is 4.53 Å². The third-order valence-corrected chi connectivity index (χ3v) is 7.21. The first-order chi connectivity index (χ1) is 15.2. The molecule has 32 heavy (non-hydrogen) atoms. The van der Waals surface area contributed by atoms with Crippen LogP contribution in [0.25, 0.3) is 21.9 Å². The van der Waals surface area contributed by atoms with Crippen LogP contribution >= 0.6 is 27.3 Å². The number of halogens is 1. The van der Waals surface area contributed by atoms with Gasteiger partial charge in [-0.1, -0.05) is 72.3 Å². The Morgan fingerprint density at radius 1 is 1.06 bits per heavy atom. The molecule has 5 rings (SSSR count). The van der Waals surface area contributed by atoms with Crippen LogP contribution in [-0.2, 0) is 10.2 Å². The van der Waals surface area contributed by atoms with Crippen molar-refractivity contribution in [1.29, 1.82) is 0 Å². The number of nitrogens with zero attached hydrogens (tertiary/aromatic N) is 4. The van der Waals surface area contributed by atoms with E-state index in [9.17, 15) is 9.59 Å². The maximum Gasteiger partial charge on any atom is 0.291 e. The topological polar surface area (TPSA) is 67.6 Å². The summed E-state index contributed by atoms with van der Waals surface area (Å²) in [5.74, 6) is 0.335. The molecule has 2 aromatic carbocycles. The molecule has 6 nitrogen and oxygen atoms in total. The van der Waals surface area contributed by atoms with E-state index in [0.717, 1.165) is 21.3 Å². The second-order valence-electron chi connectivity index (χ2n) is 8.78. The Bertz CT molecular complexity index is 1500. The third kappa shape index (κ3) is 3.20. The first kappa shape index (κ1) is 21.0. The molecule has 4 aromatic rings. The van der Waals surface area contributed by atoms with Gasteiger partial charge in [-0.3, -0.25) is 9.59 Å². The lowest BCUT2D eigenvalue weighted by Crippen LogP contribution is -2.32. The van der Waals surface area contributed by atoms with E-state index in [1.807, 2.05) is 37.3 Å². The smallest absolute Gasteiger partial charge is 0.291 e. The Hall–Kier alpha value is -2.84. The highest BCUT2D eigenvalue weighted by Crippen LogP contribution is 2.37. The molecule has 1 aliphatic heterocycles. The summed E-state index contributed by atoms with van der Waals surface area (Å²) >= 11 is 4.68. The van der Waals surface area contributed by atoms with Crippen molar-refractivity contribution < 1.29 is 4.79 Å². The van der Waals surface area contributed by atoms with Crippen LogP contribution < -0.4 is 15.0 Å². The molecule has 0 atom stereocenters. The minimum absolute atomic E-state index is 0.0558. The van der Waals surface area contributed by atoms with Crippen LogP contribution in [-0.4, -0.2) is 27.0 Å². The van der Waals surface area contributed by atoms with Crippen molar-refractivity contribution in [1.82, 2.24) is 14.6 Å². The molecule has 3 heterocycles. The molecule has 0 bridgehead atoms. The molecule has 0 N–H and O–H groups in total. The number of carbonyl (C=O) groups is 1. The van der Waals surface area contributed by atoms with Crippen LogP contribution in [0, 0.1) is 0 Å². The first-order valence-electron chi connectivity index (χ1n) is 10.4. The highest BCUT2D eigenvalue weighted by atomic mass is 79.9. The van der Waals surface area contributed by atoms with Gasteiger partial charge < -0.3 is 4.90 Å². The van der Waals surface area contributed by atoms with Gasteiger partial charge in [-0.05, 0) is 36.1 Å². The lowest BCUT2D eigenvalue weighted by molar-refractivity contribution is -0.113. The van der Waals surface area contributed by atoms with E-state index >= 15 is 0 Å². The Morgan fingerprint density at radius 2 is 1.78 bits per heavy atom. The molecule has 0 fully saturated rings. The van der Waals surface area contributed by atoms with Gasteiger partial charge in [0.2, 0.25) is 4.96 Å². The van der Waals surface area contributed by atoms with Gasteiger partial charge in [0, 0.05) is 22.1 Å². The molecule has 0 unspecified atom stereocenters. The van der Waals surface area contributed by atoms with Gasteiger partial charge in [0.25, 0.3) is 11.5 Å². The van der Waals surface area contributed by atoms with Gasteiger partial charge in [-0.25, -0.2) is 0 Å². The summed E-state index contributed by atoms with van der Waals surface area (Å²) < 4.78 is 2.53. The quantitative estimate of drug-likeness (QED) is 0.407. The Kier molecular flexibility index (Phi) is 4.83. The van der Waals surface area contributed by atoms with Crippen molar-refractivity contribution in [2.24, 2.45) is 0 Å². The maximum atomic E-state index is 13.2. The number of thiazole rings is 1. The number of carbonyl (C=O) groups excluding carboxylic acids is 1. The van der Waals surface area contributed by atoms with Crippen LogP contribution in [0.2, 0.25) is 0 Å². The average molecular weight is 509 g/mol. The number of hydrogen-bond donors (Lipinski definition) is 0. The summed E-state index contributed by atoms with van der Waals surface area (Å²) in [6, 6.07) is 13.8. The van der Waals surface area contributed by atoms with Gasteiger partial charge in [-0.15, -0.1) is 5.10 Å². The van der Waals surface area contributed by atoms with Crippen LogP contribution in [0.5, 0.6) is 0 Å². The van der Waals surface area contributed by atoms with Gasteiger partial charge in [0.05, 0.1) is 11.3 Å². The molecule has 2 aromatic heterocycles. The fourth-order valence-corrected chi connectivity index (χ4v) is 5.32. The Balaban J connectivity index is 1.66. The van der Waals surface area contributed by atoms with E-state index in [1.54, 1.807) is 4.90 Å². The van der Waals surface area contributed by atoms with E-state index in [1.165, 1.54) is 21.4 Å². The van der Waals surface area contributed by atoms with Crippen LogP contribution in [0.1, 0.15) is 38.8 Å². The molecule has 0 saturated carbocycles. The largest absolute Gasteiger partial charge is 0.308 e. The summed E-state index contributed by atoms with van der Waals surface area (Å²) in [6.07, 6.45) is 0. The minimum Gasteiger partial charge on any atom is -0.308 e. The highest BCUT2D eigenvalue weighted by Gasteiger charge is 2.33. The number of aromatic nitrogens is 3. The zero-order chi connectivity index (χ0) is 22.8. The molecule has 0 aliphatic carbocycles. The predicted octanol–water partition coefficient (Wildman–Crippen LogP) is 4.16. The number of likely N-dealkylation sites (N-methyl/N-ethyl adjacent to an activating group) is 1. The number of hydrogen-bond acceptors (Lipinski definition) is 5. The van der Waals surface area contributed by atoms with Gasteiger partial charge in [-0.2, -0.15) is 9.50 Å². The van der Waals surface area contributed by atoms with Crippen molar-refractivity contribution in [2.45, 2.75) is 33.1 Å². The third-order valence-electron chi connectivity index (χ3n) is 5.69. The summed E-state index contributed by atoms with van der Waals surface area (Å²) in [6.45, 7) is 8.94. The fraction of sp³-hybridized carbons (Fsp3) is 0.250. The number of benzene rings is 2. The maximum absolute atomic E-state index is 13.2. The first-order valence-corrected chi connectivity index (χ1v) is 12.0. The van der Waals surface area contributed by atoms with Crippen LogP contribution in [0.4, 0.5) is 5.69 Å². The number of anilines is 1. The molecule has 0 radical (unpaired) electrons. The summed E-state index contributed by atoms with van der Waals surface area (Å²) in [5.41, 5.74) is 3.80. The zero-order valence-corrected chi connectivity index (χ0v) is 20.5. The molecular weight excluding hydrogens is 488 g/mol. The number of amides is 1. The average Bonchev–Trinajstić information content (AvgIpc) is 3.37. The number of fused-ring (bicyclic) bond motifs is 2. The summed E-state index contributed by atoms with van der Waals surface area (Å²) in [5, 5.41) is 4.46. The second kappa shape index (κ2) is 7.35. The van der Waals surface area contributed by atoms with E-state index in [0.29, 0.717) is 27.4 Å². The molecule has 0 saturated heterocycles. The molecular formula is C24H21BrN4O2S. The van der Waals surface area contributed by atoms with Crippen LogP contribution in [0.15, 0.2) is 51.7 Å². The fourth-order valence-electron chi connectivity index (χ4n) is 3.96. The van der Waals surface area contributed by atoms with Crippen molar-refractivity contribution >= 4 is 49.4 Å². The minimum atomic E-state index is -0.317. The molecule has 162 valence electrons. The van der Waals surface area contributed by atoms with Crippen molar-refractivity contribution in [2.75, 3.05) is 11.4 Å². The van der Waals surface area contributed by atoms with Crippen molar-refractivity contribution in [3.8, 4) is 11.4 Å². The monoisotopic (exact) mass is 508 g/mol. The van der Waals surface area contributed by atoms with Crippen molar-refractivity contribution in [3.63, 3.8) is 0 Å². The van der Waals surface area contributed by atoms with Crippen molar-refractivity contribution in [3.05, 3.63) is 73.0 Å². The van der Waals surface area contributed by atoms with E-state index in [4.69, 9.17) is 0 Å². The molecule has 0 spiro atoms. The Morgan fingerprint density at radius 3 is 2.41 bits per heavy atom. The molecule has 1 aliphatic rings. The SMILES string of the molecule is CCN1C(=O)/C(=c2\sc3nc(-c4ccc(C(C)(C)C)cc4)nn3c2=O)c2cc(Br)ccc21. The zero-order valence-electron chi connectivity index (χ0n) is 18.1. The lowest BCUT2D eigenvalue weighted by Gasteiger charge is -2.18. The standard InChI is InChI=1S/C24H21BrN4O2S/c1-5-28-17-11-10-15(25)12-16(17)18(21(28)30)19-22(31)29-23(32-19)26-20(27-29)13-6-8-14(9-7-13)24(2,3)4/h6-12H,5H2,1-4H3/b19-18-. The van der Waals surface area contributed by atoms with E-state index in [2.05, 4.69) is 58.9 Å². The number of rotatable bonds is 2. The normalized spacial score (nSPS) is 15.7. The van der Waals surface area contributed by atoms with Crippen LogP contribution in [0.3, 0.4) is 0 Å². The van der Waals surface area contributed by atoms with Gasteiger partial charge >= 0.3 is 0 Å². The van der Waals surface area contributed by atoms with Gasteiger partial charge in [0.15, 0.2) is 5.82 Å². The Labute approximate surface area is 197 Å². The second-order valence-corrected chi connectivity index (χ2v) is 10.7. The van der Waals surface area contributed by atoms with E-state index < -0.39 is 0 Å².